The quantitative estimate of drug-likeness (QED) is 0.341. The van der Waals surface area contributed by atoms with Gasteiger partial charge in [-0.2, -0.15) is 45.8 Å². The molecular formula is C26H28Cl2Zr-2. The van der Waals surface area contributed by atoms with Gasteiger partial charge >= 0.3 is 70.3 Å². The molecule has 4 aromatic rings. The minimum absolute atomic E-state index is 0. The largest absolute Gasteiger partial charge is 1.00 e. The summed E-state index contributed by atoms with van der Waals surface area (Å²) in [5.74, 6) is 0. The number of rotatable bonds is 1. The van der Waals surface area contributed by atoms with Crippen LogP contribution in [-0.2, 0) is 24.2 Å². The van der Waals surface area contributed by atoms with E-state index in [4.69, 9.17) is 0 Å². The van der Waals surface area contributed by atoms with Gasteiger partial charge in [0.25, 0.3) is 0 Å². The summed E-state index contributed by atoms with van der Waals surface area (Å²) in [7, 11) is 0. The summed E-state index contributed by atoms with van der Waals surface area (Å²) in [6, 6.07) is 27.4. The first-order valence-electron chi connectivity index (χ1n) is 9.31. The third-order valence-corrected chi connectivity index (χ3v) is 5.64. The molecule has 0 aliphatic heterocycles. The van der Waals surface area contributed by atoms with Crippen molar-refractivity contribution in [1.82, 2.24) is 0 Å². The SMILES string of the molecule is C[C](=[Zr+2])c1ccccc1.Cc1c[c-](C)c(C)c1C.[Cl-].[Cl-].c1ccc2[cH-]ccc2c1. The molecule has 0 unspecified atom stereocenters. The fourth-order valence-corrected chi connectivity index (χ4v) is 3.30. The maximum Gasteiger partial charge on any atom is -0.0630 e. The molecule has 0 radical (unpaired) electrons. The van der Waals surface area contributed by atoms with Crippen LogP contribution >= 0.6 is 0 Å². The summed E-state index contributed by atoms with van der Waals surface area (Å²) in [4.78, 5) is 0. The Morgan fingerprint density at radius 2 is 1.45 bits per heavy atom. The number of aryl methyl sites for hydroxylation is 2. The van der Waals surface area contributed by atoms with Crippen LogP contribution in [0.3, 0.4) is 0 Å². The van der Waals surface area contributed by atoms with Crippen LogP contribution in [0.15, 0.2) is 78.9 Å². The average Bonchev–Trinajstić information content (AvgIpc) is 3.24. The Kier molecular flexibility index (Phi) is 13.3. The minimum atomic E-state index is 0. The summed E-state index contributed by atoms with van der Waals surface area (Å²) in [6.45, 7) is 10.8. The van der Waals surface area contributed by atoms with E-state index >= 15 is 0 Å². The molecule has 0 saturated carbocycles. The summed E-state index contributed by atoms with van der Waals surface area (Å²) in [6.07, 6.45) is 0. The topological polar surface area (TPSA) is 0 Å². The van der Waals surface area contributed by atoms with Crippen LogP contribution in [0, 0.1) is 27.7 Å². The predicted octanol–water partition coefficient (Wildman–Crippen LogP) is 0.980. The zero-order valence-corrected chi connectivity index (χ0v) is 21.7. The standard InChI is InChI=1S/C9H7.C9H13.C8H8.2ClH.Zr/c1-2-5-9-7-3-6-8(9)4-1;1-6-5-7(2)9(4)8(6)3;1-2-8-6-4-3-5-7-8;;;/h1-7H;5H,1-4H3;3-7H,1H3;2*1H;/q2*-1;;;;+2/p-2. The van der Waals surface area contributed by atoms with E-state index < -0.39 is 0 Å². The Morgan fingerprint density at radius 1 is 0.862 bits per heavy atom. The Bertz CT molecular complexity index is 941. The number of benzene rings is 2. The van der Waals surface area contributed by atoms with Crippen molar-refractivity contribution in [2.75, 3.05) is 0 Å². The minimum Gasteiger partial charge on any atom is -1.00 e. The summed E-state index contributed by atoms with van der Waals surface area (Å²) < 4.78 is 1.46. The van der Waals surface area contributed by atoms with E-state index in [9.17, 15) is 0 Å². The number of hydrogen-bond acceptors (Lipinski definition) is 0. The van der Waals surface area contributed by atoms with E-state index in [1.807, 2.05) is 6.07 Å². The second-order valence-electron chi connectivity index (χ2n) is 6.91. The van der Waals surface area contributed by atoms with E-state index in [0.717, 1.165) is 0 Å². The predicted molar refractivity (Wildman–Crippen MR) is 117 cm³/mol. The van der Waals surface area contributed by atoms with Crippen LogP contribution < -0.4 is 24.8 Å². The molecule has 0 atom stereocenters. The molecule has 0 fully saturated rings. The van der Waals surface area contributed by atoms with Gasteiger partial charge in [-0.15, -0.1) is 29.7 Å². The van der Waals surface area contributed by atoms with E-state index in [1.54, 1.807) is 0 Å². The first-order chi connectivity index (χ1) is 12.9. The van der Waals surface area contributed by atoms with Gasteiger partial charge in [0.15, 0.2) is 0 Å². The molecule has 0 aromatic heterocycles. The second kappa shape index (κ2) is 13.9. The van der Waals surface area contributed by atoms with Gasteiger partial charge in [0, 0.05) is 0 Å². The van der Waals surface area contributed by atoms with Crippen molar-refractivity contribution in [3.8, 4) is 0 Å². The fourth-order valence-electron chi connectivity index (χ4n) is 2.89. The third kappa shape index (κ3) is 8.55. The maximum absolute atomic E-state index is 2.24. The van der Waals surface area contributed by atoms with Gasteiger partial charge in [-0.3, -0.25) is 0 Å². The van der Waals surface area contributed by atoms with Crippen LogP contribution in [0.25, 0.3) is 10.8 Å². The molecule has 29 heavy (non-hydrogen) atoms. The molecule has 152 valence electrons. The third-order valence-electron chi connectivity index (χ3n) is 4.93. The zero-order chi connectivity index (χ0) is 19.8. The van der Waals surface area contributed by atoms with E-state index in [-0.39, 0.29) is 24.8 Å². The molecule has 0 aliphatic carbocycles. The van der Waals surface area contributed by atoms with Crippen LogP contribution in [0.2, 0.25) is 0 Å². The van der Waals surface area contributed by atoms with Crippen molar-refractivity contribution in [1.29, 1.82) is 0 Å². The van der Waals surface area contributed by atoms with E-state index in [2.05, 4.69) is 107 Å². The molecule has 0 spiro atoms. The molecule has 0 saturated heterocycles. The van der Waals surface area contributed by atoms with Crippen LogP contribution in [0.1, 0.15) is 34.7 Å². The smallest absolute Gasteiger partial charge is 0.0630 e. The molecular weight excluding hydrogens is 474 g/mol. The summed E-state index contributed by atoms with van der Waals surface area (Å²) in [5, 5.41) is 2.66. The van der Waals surface area contributed by atoms with Crippen molar-refractivity contribution < 1.29 is 49.0 Å². The molecule has 0 heterocycles. The van der Waals surface area contributed by atoms with Gasteiger partial charge in [0.05, 0.1) is 0 Å². The Balaban J connectivity index is 0.000000392. The van der Waals surface area contributed by atoms with Crippen molar-refractivity contribution in [3.05, 3.63) is 107 Å². The molecule has 0 bridgehead atoms. The van der Waals surface area contributed by atoms with Crippen LogP contribution in [0.5, 0.6) is 0 Å². The molecule has 0 aliphatic rings. The van der Waals surface area contributed by atoms with Gasteiger partial charge < -0.3 is 24.8 Å². The Morgan fingerprint density at radius 3 is 1.86 bits per heavy atom. The first-order valence-corrected chi connectivity index (χ1v) is 10.5. The molecule has 0 amide bonds. The van der Waals surface area contributed by atoms with Crippen molar-refractivity contribution in [2.24, 2.45) is 0 Å². The van der Waals surface area contributed by atoms with Crippen LogP contribution in [-0.4, -0.2) is 3.21 Å². The Hall–Kier alpha value is -1.27. The average molecular weight is 503 g/mol. The zero-order valence-electron chi connectivity index (χ0n) is 17.8. The van der Waals surface area contributed by atoms with E-state index in [0.29, 0.717) is 0 Å². The van der Waals surface area contributed by atoms with Crippen molar-refractivity contribution >= 4 is 14.0 Å². The van der Waals surface area contributed by atoms with E-state index in [1.165, 1.54) is 66.0 Å². The molecule has 4 aromatic carbocycles. The molecule has 0 N–H and O–H groups in total. The fraction of sp³-hybridized carbons (Fsp3) is 0.192. The van der Waals surface area contributed by atoms with Gasteiger partial charge in [0.1, 0.15) is 0 Å². The monoisotopic (exact) mass is 500 g/mol. The number of halogens is 2. The van der Waals surface area contributed by atoms with Gasteiger partial charge in [-0.1, -0.05) is 33.8 Å². The molecule has 0 nitrogen and oxygen atoms in total. The maximum atomic E-state index is 2.24. The van der Waals surface area contributed by atoms with Crippen LogP contribution in [0.4, 0.5) is 0 Å². The van der Waals surface area contributed by atoms with Gasteiger partial charge in [0.2, 0.25) is 0 Å². The van der Waals surface area contributed by atoms with Gasteiger partial charge in [-0.25, -0.2) is 0 Å². The summed E-state index contributed by atoms with van der Waals surface area (Å²) in [5.41, 5.74) is 7.12. The number of fused-ring (bicyclic) bond motifs is 1. The van der Waals surface area contributed by atoms with Crippen molar-refractivity contribution in [3.63, 3.8) is 0 Å². The summed E-state index contributed by atoms with van der Waals surface area (Å²) >= 11 is 1.51. The van der Waals surface area contributed by atoms with Crippen molar-refractivity contribution in [2.45, 2.75) is 34.6 Å². The van der Waals surface area contributed by atoms with Gasteiger partial charge in [-0.05, 0) is 0 Å². The molecule has 3 heteroatoms. The molecule has 4 rings (SSSR count). The Labute approximate surface area is 203 Å². The second-order valence-corrected chi connectivity index (χ2v) is 8.75. The first kappa shape index (κ1) is 27.7. The normalized spacial score (nSPS) is 9.21. The number of hydrogen-bond donors (Lipinski definition) is 0.